The molecular formula is C11H15NO5S. The van der Waals surface area contributed by atoms with Gasteiger partial charge in [0.15, 0.2) is 0 Å². The van der Waals surface area contributed by atoms with Gasteiger partial charge in [-0.3, -0.25) is 0 Å². The molecule has 0 saturated heterocycles. The molecule has 18 heavy (non-hydrogen) atoms. The molecule has 0 radical (unpaired) electrons. The van der Waals surface area contributed by atoms with Crippen molar-refractivity contribution >= 4 is 16.0 Å². The lowest BCUT2D eigenvalue weighted by atomic mass is 10.2. The van der Waals surface area contributed by atoms with E-state index in [1.165, 1.54) is 18.2 Å². The van der Waals surface area contributed by atoms with Gasteiger partial charge >= 0.3 is 5.97 Å². The SMILES string of the molecule is CC(CCO)NS(=O)(=O)c1cccc(C(=O)O)c1. The first kappa shape index (κ1) is 14.6. The number of aliphatic hydroxyl groups excluding tert-OH is 1. The lowest BCUT2D eigenvalue weighted by Gasteiger charge is -2.13. The van der Waals surface area contributed by atoms with Gasteiger partial charge in [0.1, 0.15) is 0 Å². The largest absolute Gasteiger partial charge is 0.478 e. The van der Waals surface area contributed by atoms with Crippen molar-refractivity contribution in [2.45, 2.75) is 24.3 Å². The Balaban J connectivity index is 2.98. The van der Waals surface area contributed by atoms with Crippen LogP contribution in [0.1, 0.15) is 23.7 Å². The Kier molecular flexibility index (Phi) is 4.83. The second-order valence-corrected chi connectivity index (χ2v) is 5.58. The minimum absolute atomic E-state index is 0.0901. The molecule has 1 unspecified atom stereocenters. The van der Waals surface area contributed by atoms with Crippen LogP contribution < -0.4 is 4.72 Å². The van der Waals surface area contributed by atoms with Crippen molar-refractivity contribution in [3.63, 3.8) is 0 Å². The van der Waals surface area contributed by atoms with Gasteiger partial charge in [0.2, 0.25) is 10.0 Å². The number of benzene rings is 1. The average molecular weight is 273 g/mol. The van der Waals surface area contributed by atoms with Crippen molar-refractivity contribution in [1.82, 2.24) is 4.72 Å². The minimum atomic E-state index is -3.76. The number of rotatable bonds is 6. The standard InChI is InChI=1S/C11H15NO5S/c1-8(5-6-13)12-18(16,17)10-4-2-3-9(7-10)11(14)15/h2-4,7-8,12-13H,5-6H2,1H3,(H,14,15). The highest BCUT2D eigenvalue weighted by molar-refractivity contribution is 7.89. The molecule has 0 aromatic heterocycles. The number of hydrogen-bond donors (Lipinski definition) is 3. The Morgan fingerprint density at radius 3 is 2.67 bits per heavy atom. The van der Waals surface area contributed by atoms with Gasteiger partial charge in [-0.05, 0) is 31.5 Å². The first-order valence-electron chi connectivity index (χ1n) is 5.33. The minimum Gasteiger partial charge on any atom is -0.478 e. The van der Waals surface area contributed by atoms with Crippen LogP contribution in [0.2, 0.25) is 0 Å². The fourth-order valence-electron chi connectivity index (χ4n) is 1.38. The number of carboxylic acid groups (broad SMARTS) is 1. The molecule has 1 aromatic rings. The Bertz CT molecular complexity index is 526. The molecule has 0 aliphatic heterocycles. The summed E-state index contributed by atoms with van der Waals surface area (Å²) >= 11 is 0. The quantitative estimate of drug-likeness (QED) is 0.697. The predicted molar refractivity (Wildman–Crippen MR) is 64.9 cm³/mol. The van der Waals surface area contributed by atoms with Gasteiger partial charge in [0, 0.05) is 12.6 Å². The van der Waals surface area contributed by atoms with Gasteiger partial charge in [-0.15, -0.1) is 0 Å². The summed E-state index contributed by atoms with van der Waals surface area (Å²) in [4.78, 5) is 10.7. The molecule has 1 rings (SSSR count). The summed E-state index contributed by atoms with van der Waals surface area (Å²) in [5.74, 6) is -1.18. The van der Waals surface area contributed by atoms with Crippen LogP contribution in [0.4, 0.5) is 0 Å². The second kappa shape index (κ2) is 5.94. The van der Waals surface area contributed by atoms with E-state index < -0.39 is 22.0 Å². The molecule has 100 valence electrons. The zero-order valence-corrected chi connectivity index (χ0v) is 10.6. The summed E-state index contributed by atoms with van der Waals surface area (Å²) < 4.78 is 26.2. The molecule has 0 aliphatic carbocycles. The fourth-order valence-corrected chi connectivity index (χ4v) is 2.71. The summed E-state index contributed by atoms with van der Waals surface area (Å²) in [6, 6.07) is 4.68. The van der Waals surface area contributed by atoms with Crippen LogP contribution in [0, 0.1) is 0 Å². The van der Waals surface area contributed by atoms with Gasteiger partial charge in [-0.1, -0.05) is 6.07 Å². The number of hydrogen-bond acceptors (Lipinski definition) is 4. The molecular weight excluding hydrogens is 258 g/mol. The molecule has 0 heterocycles. The molecule has 7 heteroatoms. The molecule has 0 saturated carbocycles. The van der Waals surface area contributed by atoms with Gasteiger partial charge in [-0.25, -0.2) is 17.9 Å². The third-order valence-corrected chi connectivity index (χ3v) is 3.90. The normalized spacial score (nSPS) is 13.2. The highest BCUT2D eigenvalue weighted by atomic mass is 32.2. The van der Waals surface area contributed by atoms with Crippen LogP contribution in [0.3, 0.4) is 0 Å². The Morgan fingerprint density at radius 2 is 2.11 bits per heavy atom. The van der Waals surface area contributed by atoms with Gasteiger partial charge < -0.3 is 10.2 Å². The van der Waals surface area contributed by atoms with Crippen molar-refractivity contribution in [1.29, 1.82) is 0 Å². The second-order valence-electron chi connectivity index (χ2n) is 3.87. The lowest BCUT2D eigenvalue weighted by Crippen LogP contribution is -2.33. The molecule has 3 N–H and O–H groups in total. The van der Waals surface area contributed by atoms with Crippen molar-refractivity contribution < 1.29 is 23.4 Å². The first-order valence-corrected chi connectivity index (χ1v) is 6.81. The zero-order chi connectivity index (χ0) is 13.8. The summed E-state index contributed by atoms with van der Waals surface area (Å²) in [5.41, 5.74) is -0.0901. The van der Waals surface area contributed by atoms with Crippen LogP contribution >= 0.6 is 0 Å². The summed E-state index contributed by atoms with van der Waals surface area (Å²) in [7, 11) is -3.76. The summed E-state index contributed by atoms with van der Waals surface area (Å²) in [6.07, 6.45) is 0.290. The molecule has 1 atom stereocenters. The van der Waals surface area contributed by atoms with Crippen molar-refractivity contribution in [2.75, 3.05) is 6.61 Å². The average Bonchev–Trinajstić information content (AvgIpc) is 2.28. The predicted octanol–water partition coefficient (Wildman–Crippen LogP) is 0.434. The Morgan fingerprint density at radius 1 is 1.44 bits per heavy atom. The number of aromatic carboxylic acids is 1. The van der Waals surface area contributed by atoms with Crippen molar-refractivity contribution in [3.8, 4) is 0 Å². The van der Waals surface area contributed by atoms with Crippen LogP contribution in [0.5, 0.6) is 0 Å². The Hall–Kier alpha value is -1.44. The summed E-state index contributed by atoms with van der Waals surface area (Å²) in [6.45, 7) is 1.49. The smallest absolute Gasteiger partial charge is 0.335 e. The van der Waals surface area contributed by atoms with E-state index in [0.717, 1.165) is 6.07 Å². The maximum absolute atomic E-state index is 11.9. The van der Waals surface area contributed by atoms with Gasteiger partial charge in [-0.2, -0.15) is 0 Å². The van der Waals surface area contributed by atoms with E-state index >= 15 is 0 Å². The van der Waals surface area contributed by atoms with Crippen LogP contribution in [-0.4, -0.2) is 37.2 Å². The van der Waals surface area contributed by atoms with E-state index in [4.69, 9.17) is 10.2 Å². The van der Waals surface area contributed by atoms with Crippen LogP contribution in [0.15, 0.2) is 29.2 Å². The molecule has 0 aliphatic rings. The number of carbonyl (C=O) groups is 1. The molecule has 6 nitrogen and oxygen atoms in total. The molecule has 1 aromatic carbocycles. The Labute approximate surface area is 105 Å². The van der Waals surface area contributed by atoms with Gasteiger partial charge in [0.05, 0.1) is 10.5 Å². The van der Waals surface area contributed by atoms with Crippen molar-refractivity contribution in [3.05, 3.63) is 29.8 Å². The summed E-state index contributed by atoms with van der Waals surface area (Å²) in [5, 5.41) is 17.5. The fraction of sp³-hybridized carbons (Fsp3) is 0.364. The van der Waals surface area contributed by atoms with E-state index in [2.05, 4.69) is 4.72 Å². The van der Waals surface area contributed by atoms with Crippen molar-refractivity contribution in [2.24, 2.45) is 0 Å². The van der Waals surface area contributed by atoms with E-state index in [1.807, 2.05) is 0 Å². The van der Waals surface area contributed by atoms with Gasteiger partial charge in [0.25, 0.3) is 0 Å². The lowest BCUT2D eigenvalue weighted by molar-refractivity contribution is 0.0696. The highest BCUT2D eigenvalue weighted by Crippen LogP contribution is 2.12. The topological polar surface area (TPSA) is 104 Å². The van der Waals surface area contributed by atoms with Crippen LogP contribution in [0.25, 0.3) is 0 Å². The molecule has 0 fully saturated rings. The van der Waals surface area contributed by atoms with E-state index in [0.29, 0.717) is 0 Å². The number of carboxylic acids is 1. The maximum Gasteiger partial charge on any atom is 0.335 e. The maximum atomic E-state index is 11.9. The van der Waals surface area contributed by atoms with E-state index in [-0.39, 0.29) is 23.5 Å². The monoisotopic (exact) mass is 273 g/mol. The zero-order valence-electron chi connectivity index (χ0n) is 9.83. The molecule has 0 amide bonds. The number of aliphatic hydroxyl groups is 1. The molecule has 0 bridgehead atoms. The third kappa shape index (κ3) is 3.80. The van der Waals surface area contributed by atoms with Crippen LogP contribution in [-0.2, 0) is 10.0 Å². The first-order chi connectivity index (χ1) is 8.36. The number of sulfonamides is 1. The highest BCUT2D eigenvalue weighted by Gasteiger charge is 2.18. The van der Waals surface area contributed by atoms with E-state index in [1.54, 1.807) is 6.92 Å². The van der Waals surface area contributed by atoms with E-state index in [9.17, 15) is 13.2 Å². The molecule has 0 spiro atoms. The third-order valence-electron chi connectivity index (χ3n) is 2.31. The number of nitrogens with one attached hydrogen (secondary N) is 1.